The molecule has 0 heterocycles. The van der Waals surface area contributed by atoms with E-state index >= 15 is 0 Å². The van der Waals surface area contributed by atoms with E-state index in [1.54, 1.807) is 0 Å². The Labute approximate surface area is 119 Å². The molecule has 0 bridgehead atoms. The van der Waals surface area contributed by atoms with Crippen LogP contribution >= 0.6 is 0 Å². The molecule has 21 heavy (non-hydrogen) atoms. The normalized spacial score (nSPS) is 10.2. The molecule has 6 heteroatoms. The molecule has 0 aliphatic carbocycles. The molecule has 2 aromatic carbocycles. The first-order chi connectivity index (χ1) is 10.0. The first-order valence-electron chi connectivity index (χ1n) is 6.00. The van der Waals surface area contributed by atoms with Crippen LogP contribution in [0.4, 0.5) is 8.78 Å². The molecule has 0 aliphatic rings. The van der Waals surface area contributed by atoms with Gasteiger partial charge < -0.3 is 14.6 Å². The minimum Gasteiger partial charge on any atom is -0.493 e. The van der Waals surface area contributed by atoms with Gasteiger partial charge in [-0.15, -0.1) is 0 Å². The number of hydrogen-bond donors (Lipinski definition) is 1. The van der Waals surface area contributed by atoms with E-state index < -0.39 is 17.6 Å². The summed E-state index contributed by atoms with van der Waals surface area (Å²) in [6, 6.07) is 7.31. The molecule has 0 radical (unpaired) electrons. The number of rotatable bonds is 5. The van der Waals surface area contributed by atoms with Crippen LogP contribution in [0, 0.1) is 11.6 Å². The summed E-state index contributed by atoms with van der Waals surface area (Å²) in [6.07, 6.45) is 0. The summed E-state index contributed by atoms with van der Waals surface area (Å²) < 4.78 is 37.0. The van der Waals surface area contributed by atoms with E-state index in [0.717, 1.165) is 18.2 Å². The van der Waals surface area contributed by atoms with Crippen molar-refractivity contribution in [1.82, 2.24) is 0 Å². The van der Waals surface area contributed by atoms with Gasteiger partial charge in [-0.1, -0.05) is 6.07 Å². The lowest BCUT2D eigenvalue weighted by molar-refractivity contribution is 0.0691. The number of benzene rings is 2. The van der Waals surface area contributed by atoms with E-state index in [2.05, 4.69) is 0 Å². The third-order valence-corrected chi connectivity index (χ3v) is 2.81. The van der Waals surface area contributed by atoms with Crippen molar-refractivity contribution in [1.29, 1.82) is 0 Å². The molecule has 0 spiro atoms. The van der Waals surface area contributed by atoms with Gasteiger partial charge in [-0.25, -0.2) is 13.6 Å². The average Bonchev–Trinajstić information content (AvgIpc) is 2.47. The number of methoxy groups -OCH3 is 1. The van der Waals surface area contributed by atoms with Crippen LogP contribution in [0.25, 0.3) is 0 Å². The minimum atomic E-state index is -1.20. The Morgan fingerprint density at radius 2 is 2.00 bits per heavy atom. The van der Waals surface area contributed by atoms with E-state index in [4.69, 9.17) is 14.6 Å². The van der Waals surface area contributed by atoms with Gasteiger partial charge in [0, 0.05) is 5.56 Å². The van der Waals surface area contributed by atoms with Crippen LogP contribution in [0.1, 0.15) is 15.9 Å². The van der Waals surface area contributed by atoms with Gasteiger partial charge in [0.1, 0.15) is 23.8 Å². The first kappa shape index (κ1) is 14.8. The highest BCUT2D eigenvalue weighted by Crippen LogP contribution is 2.32. The number of halogens is 2. The summed E-state index contributed by atoms with van der Waals surface area (Å²) in [4.78, 5) is 11.2. The van der Waals surface area contributed by atoms with Crippen molar-refractivity contribution in [2.24, 2.45) is 0 Å². The van der Waals surface area contributed by atoms with Crippen LogP contribution in [-0.4, -0.2) is 18.2 Å². The van der Waals surface area contributed by atoms with E-state index in [-0.39, 0.29) is 29.2 Å². The largest absolute Gasteiger partial charge is 0.493 e. The summed E-state index contributed by atoms with van der Waals surface area (Å²) >= 11 is 0. The zero-order valence-corrected chi connectivity index (χ0v) is 11.1. The molecule has 0 atom stereocenters. The molecule has 2 rings (SSSR count). The monoisotopic (exact) mass is 294 g/mol. The van der Waals surface area contributed by atoms with E-state index in [9.17, 15) is 13.6 Å². The molecule has 0 saturated carbocycles. The van der Waals surface area contributed by atoms with Gasteiger partial charge in [0.05, 0.1) is 7.11 Å². The SMILES string of the molecule is COc1cccc(C(=O)O)c1OCc1cc(F)ccc1F. The lowest BCUT2D eigenvalue weighted by Crippen LogP contribution is -2.06. The smallest absolute Gasteiger partial charge is 0.339 e. The van der Waals surface area contributed by atoms with E-state index in [1.807, 2.05) is 0 Å². The summed E-state index contributed by atoms with van der Waals surface area (Å²) in [6.45, 7) is -0.315. The van der Waals surface area contributed by atoms with Crippen molar-refractivity contribution in [3.63, 3.8) is 0 Å². The summed E-state index contributed by atoms with van der Waals surface area (Å²) in [5.41, 5.74) is -0.136. The quantitative estimate of drug-likeness (QED) is 0.919. The number of carboxylic acid groups (broad SMARTS) is 1. The maximum atomic E-state index is 13.5. The molecular weight excluding hydrogens is 282 g/mol. The zero-order valence-electron chi connectivity index (χ0n) is 11.1. The van der Waals surface area contributed by atoms with Gasteiger partial charge >= 0.3 is 5.97 Å². The van der Waals surface area contributed by atoms with Crippen LogP contribution in [0.3, 0.4) is 0 Å². The number of carbonyl (C=O) groups is 1. The maximum Gasteiger partial charge on any atom is 0.339 e. The second-order valence-electron chi connectivity index (χ2n) is 4.17. The molecule has 1 N–H and O–H groups in total. The van der Waals surface area contributed by atoms with Crippen molar-refractivity contribution in [2.75, 3.05) is 7.11 Å². The Morgan fingerprint density at radius 3 is 2.67 bits per heavy atom. The van der Waals surface area contributed by atoms with E-state index in [0.29, 0.717) is 0 Å². The van der Waals surface area contributed by atoms with Crippen molar-refractivity contribution in [3.8, 4) is 11.5 Å². The molecule has 4 nitrogen and oxygen atoms in total. The van der Waals surface area contributed by atoms with Crippen LogP contribution in [0.2, 0.25) is 0 Å². The van der Waals surface area contributed by atoms with Gasteiger partial charge in [-0.05, 0) is 30.3 Å². The Bertz CT molecular complexity index is 671. The second-order valence-corrected chi connectivity index (χ2v) is 4.17. The van der Waals surface area contributed by atoms with Crippen molar-refractivity contribution in [2.45, 2.75) is 6.61 Å². The first-order valence-corrected chi connectivity index (χ1v) is 6.00. The van der Waals surface area contributed by atoms with Gasteiger partial charge in [-0.2, -0.15) is 0 Å². The van der Waals surface area contributed by atoms with Gasteiger partial charge in [0.2, 0.25) is 0 Å². The number of para-hydroxylation sites is 1. The molecule has 0 unspecified atom stereocenters. The van der Waals surface area contributed by atoms with Crippen LogP contribution in [-0.2, 0) is 6.61 Å². The Morgan fingerprint density at radius 1 is 1.24 bits per heavy atom. The molecule has 2 aromatic rings. The van der Waals surface area contributed by atoms with Crippen LogP contribution < -0.4 is 9.47 Å². The minimum absolute atomic E-state index is 0.0164. The maximum absolute atomic E-state index is 13.5. The highest BCUT2D eigenvalue weighted by molar-refractivity contribution is 5.92. The molecule has 0 aromatic heterocycles. The highest BCUT2D eigenvalue weighted by Gasteiger charge is 2.17. The molecule has 0 saturated heterocycles. The lowest BCUT2D eigenvalue weighted by atomic mass is 10.2. The summed E-state index contributed by atoms with van der Waals surface area (Å²) in [5, 5.41) is 9.11. The highest BCUT2D eigenvalue weighted by atomic mass is 19.1. The lowest BCUT2D eigenvalue weighted by Gasteiger charge is -2.13. The molecule has 0 fully saturated rings. The topological polar surface area (TPSA) is 55.8 Å². The Kier molecular flexibility index (Phi) is 4.37. The second kappa shape index (κ2) is 6.21. The fourth-order valence-electron chi connectivity index (χ4n) is 1.80. The average molecular weight is 294 g/mol. The fraction of sp³-hybridized carbons (Fsp3) is 0.133. The molecular formula is C15H12F2O4. The van der Waals surface area contributed by atoms with Crippen molar-refractivity contribution in [3.05, 3.63) is 59.2 Å². The number of carboxylic acids is 1. The van der Waals surface area contributed by atoms with Gasteiger partial charge in [0.15, 0.2) is 11.5 Å². The predicted molar refractivity (Wildman–Crippen MR) is 70.6 cm³/mol. The van der Waals surface area contributed by atoms with Crippen LogP contribution in [0.15, 0.2) is 36.4 Å². The van der Waals surface area contributed by atoms with E-state index in [1.165, 1.54) is 25.3 Å². The number of aromatic carboxylic acids is 1. The van der Waals surface area contributed by atoms with Gasteiger partial charge in [0.25, 0.3) is 0 Å². The Hall–Kier alpha value is -2.63. The summed E-state index contributed by atoms with van der Waals surface area (Å²) in [5.74, 6) is -2.27. The fourth-order valence-corrected chi connectivity index (χ4v) is 1.80. The molecule has 110 valence electrons. The van der Waals surface area contributed by atoms with Gasteiger partial charge in [-0.3, -0.25) is 0 Å². The Balaban J connectivity index is 2.31. The zero-order chi connectivity index (χ0) is 15.4. The number of ether oxygens (including phenoxy) is 2. The summed E-state index contributed by atoms with van der Waals surface area (Å²) in [7, 11) is 1.36. The molecule has 0 amide bonds. The van der Waals surface area contributed by atoms with Crippen LogP contribution in [0.5, 0.6) is 11.5 Å². The molecule has 0 aliphatic heterocycles. The van der Waals surface area contributed by atoms with Crippen molar-refractivity contribution >= 4 is 5.97 Å². The standard InChI is InChI=1S/C15H12F2O4/c1-20-13-4-2-3-11(15(18)19)14(13)21-8-9-7-10(16)5-6-12(9)17/h2-7H,8H2,1H3,(H,18,19). The third kappa shape index (κ3) is 3.28. The number of hydrogen-bond acceptors (Lipinski definition) is 3. The third-order valence-electron chi connectivity index (χ3n) is 2.81. The predicted octanol–water partition coefficient (Wildman–Crippen LogP) is 3.25. The van der Waals surface area contributed by atoms with Crippen molar-refractivity contribution < 1.29 is 28.2 Å².